The van der Waals surface area contributed by atoms with E-state index in [1.807, 2.05) is 13.0 Å². The average Bonchev–Trinajstić information content (AvgIpc) is 2.77. The van der Waals surface area contributed by atoms with Gasteiger partial charge < -0.3 is 25.2 Å². The predicted molar refractivity (Wildman–Crippen MR) is 141 cm³/mol. The van der Waals surface area contributed by atoms with E-state index in [0.717, 1.165) is 31.3 Å². The van der Waals surface area contributed by atoms with Crippen LogP contribution in [0.4, 0.5) is 0 Å². The van der Waals surface area contributed by atoms with E-state index in [9.17, 15) is 25.2 Å². The highest BCUT2D eigenvalue weighted by Crippen LogP contribution is 2.45. The molecule has 1 heterocycles. The summed E-state index contributed by atoms with van der Waals surface area (Å²) in [4.78, 5) is 12.9. The van der Waals surface area contributed by atoms with Crippen molar-refractivity contribution in [1.82, 2.24) is 0 Å². The third-order valence-corrected chi connectivity index (χ3v) is 6.34. The van der Waals surface area contributed by atoms with Crippen LogP contribution in [0.1, 0.15) is 87.4 Å². The second kappa shape index (κ2) is 11.8. The molecular formula is C30H36O6. The normalized spacial score (nSPS) is 15.9. The topological polar surface area (TPSA) is 107 Å². The Labute approximate surface area is 212 Å². The molecule has 36 heavy (non-hydrogen) atoms. The number of carbonyl (C=O) groups is 1. The fourth-order valence-corrected chi connectivity index (χ4v) is 4.31. The van der Waals surface area contributed by atoms with Crippen LogP contribution in [-0.4, -0.2) is 26.2 Å². The van der Waals surface area contributed by atoms with Crippen LogP contribution in [0.2, 0.25) is 0 Å². The Morgan fingerprint density at radius 2 is 1.50 bits per heavy atom. The lowest BCUT2D eigenvalue weighted by Gasteiger charge is -2.27. The molecule has 4 N–H and O–H groups in total. The molecule has 2 aromatic carbocycles. The SMILES string of the molecule is CC(C)=CCCC(C)=CCCC(C)=CCc1c(O)cc2c(c1O)C(=O)C[C@@H](c1cc(O)cc(O)c1)O2. The maximum atomic E-state index is 12.9. The van der Waals surface area contributed by atoms with Gasteiger partial charge in [-0.2, -0.15) is 0 Å². The van der Waals surface area contributed by atoms with Gasteiger partial charge >= 0.3 is 0 Å². The van der Waals surface area contributed by atoms with Crippen LogP contribution in [0.25, 0.3) is 0 Å². The molecule has 0 radical (unpaired) electrons. The second-order valence-corrected chi connectivity index (χ2v) is 9.78. The van der Waals surface area contributed by atoms with Gasteiger partial charge in [-0.15, -0.1) is 0 Å². The van der Waals surface area contributed by atoms with Crippen molar-refractivity contribution in [3.05, 3.63) is 75.9 Å². The van der Waals surface area contributed by atoms with Crippen LogP contribution >= 0.6 is 0 Å². The van der Waals surface area contributed by atoms with Gasteiger partial charge in [0.15, 0.2) is 5.78 Å². The highest BCUT2D eigenvalue weighted by atomic mass is 16.5. The van der Waals surface area contributed by atoms with Gasteiger partial charge in [0, 0.05) is 23.3 Å². The molecule has 1 atom stereocenters. The third kappa shape index (κ3) is 6.94. The summed E-state index contributed by atoms with van der Waals surface area (Å²) in [6.45, 7) is 8.37. The fraction of sp³-hybridized carbons (Fsp3) is 0.367. The van der Waals surface area contributed by atoms with E-state index in [0.29, 0.717) is 5.56 Å². The minimum absolute atomic E-state index is 0.0457. The van der Waals surface area contributed by atoms with Crippen molar-refractivity contribution in [1.29, 1.82) is 0 Å². The molecule has 1 aliphatic rings. The summed E-state index contributed by atoms with van der Waals surface area (Å²) in [6.07, 6.45) is 9.81. The number of phenols is 4. The Morgan fingerprint density at radius 3 is 2.14 bits per heavy atom. The van der Waals surface area contributed by atoms with E-state index in [1.54, 1.807) is 0 Å². The monoisotopic (exact) mass is 492 g/mol. The number of fused-ring (bicyclic) bond motifs is 1. The molecule has 192 valence electrons. The maximum absolute atomic E-state index is 12.9. The maximum Gasteiger partial charge on any atom is 0.174 e. The van der Waals surface area contributed by atoms with Crippen molar-refractivity contribution >= 4 is 5.78 Å². The van der Waals surface area contributed by atoms with Crippen LogP contribution in [0.3, 0.4) is 0 Å². The fourth-order valence-electron chi connectivity index (χ4n) is 4.31. The van der Waals surface area contributed by atoms with Crippen molar-refractivity contribution in [2.24, 2.45) is 0 Å². The molecule has 0 unspecified atom stereocenters. The zero-order chi connectivity index (χ0) is 26.4. The van der Waals surface area contributed by atoms with Crippen LogP contribution < -0.4 is 4.74 Å². The lowest BCUT2D eigenvalue weighted by atomic mass is 9.92. The molecule has 0 bridgehead atoms. The van der Waals surface area contributed by atoms with Gasteiger partial charge in [0.1, 0.15) is 40.4 Å². The molecule has 0 aromatic heterocycles. The first kappa shape index (κ1) is 26.9. The van der Waals surface area contributed by atoms with E-state index in [2.05, 4.69) is 32.9 Å². The molecule has 0 aliphatic carbocycles. The molecular weight excluding hydrogens is 456 g/mol. The summed E-state index contributed by atoms with van der Waals surface area (Å²) < 4.78 is 5.87. The number of rotatable bonds is 9. The average molecular weight is 493 g/mol. The highest BCUT2D eigenvalue weighted by molar-refractivity contribution is 6.03. The molecule has 0 spiro atoms. The van der Waals surface area contributed by atoms with Gasteiger partial charge in [-0.1, -0.05) is 34.9 Å². The lowest BCUT2D eigenvalue weighted by Crippen LogP contribution is -2.21. The van der Waals surface area contributed by atoms with E-state index in [-0.39, 0.29) is 58.5 Å². The Hall–Kier alpha value is -3.67. The molecule has 1 aliphatic heterocycles. The van der Waals surface area contributed by atoms with Crippen LogP contribution in [0, 0.1) is 0 Å². The molecule has 3 rings (SSSR count). The van der Waals surface area contributed by atoms with Crippen molar-refractivity contribution in [2.45, 2.75) is 72.3 Å². The molecule has 0 saturated carbocycles. The first-order chi connectivity index (χ1) is 17.0. The van der Waals surface area contributed by atoms with Crippen LogP contribution in [0.15, 0.2) is 59.2 Å². The predicted octanol–water partition coefficient (Wildman–Crippen LogP) is 7.18. The minimum Gasteiger partial charge on any atom is -0.508 e. The standard InChI is InChI=1S/C30H36O6/c1-18(2)7-5-8-19(3)9-6-10-20(4)11-12-24-25(33)16-28-29(30(24)35)26(34)17-27(36-28)21-13-22(31)15-23(32)14-21/h7,9,11,13-16,27,31-33,35H,5-6,8,10,12,17H2,1-4H3/t27-/m0/s1. The van der Waals surface area contributed by atoms with E-state index in [1.165, 1.54) is 35.4 Å². The summed E-state index contributed by atoms with van der Waals surface area (Å²) in [5, 5.41) is 40.9. The summed E-state index contributed by atoms with van der Waals surface area (Å²) in [7, 11) is 0. The number of phenolic OH excluding ortho intramolecular Hbond substituents is 4. The Morgan fingerprint density at radius 1 is 0.889 bits per heavy atom. The summed E-state index contributed by atoms with van der Waals surface area (Å²) in [6, 6.07) is 5.35. The van der Waals surface area contributed by atoms with Crippen LogP contribution in [0.5, 0.6) is 28.7 Å². The Kier molecular flexibility index (Phi) is 8.86. The van der Waals surface area contributed by atoms with Gasteiger partial charge in [0.05, 0.1) is 6.42 Å². The first-order valence-corrected chi connectivity index (χ1v) is 12.3. The van der Waals surface area contributed by atoms with Crippen molar-refractivity contribution in [3.8, 4) is 28.7 Å². The minimum atomic E-state index is -0.756. The zero-order valence-electron chi connectivity index (χ0n) is 21.5. The largest absolute Gasteiger partial charge is 0.508 e. The highest BCUT2D eigenvalue weighted by Gasteiger charge is 2.33. The number of ketones is 1. The number of hydrogen-bond donors (Lipinski definition) is 4. The van der Waals surface area contributed by atoms with E-state index >= 15 is 0 Å². The molecule has 0 fully saturated rings. The molecule has 6 nitrogen and oxygen atoms in total. The number of aromatic hydroxyl groups is 4. The number of carbonyl (C=O) groups excluding carboxylic acids is 1. The van der Waals surface area contributed by atoms with Gasteiger partial charge in [0.2, 0.25) is 0 Å². The second-order valence-electron chi connectivity index (χ2n) is 9.78. The number of allylic oxidation sites excluding steroid dienone is 6. The summed E-state index contributed by atoms with van der Waals surface area (Å²) in [5.74, 6) is -0.984. The summed E-state index contributed by atoms with van der Waals surface area (Å²) >= 11 is 0. The van der Waals surface area contributed by atoms with Crippen LogP contribution in [-0.2, 0) is 6.42 Å². The first-order valence-electron chi connectivity index (χ1n) is 12.3. The number of benzene rings is 2. The van der Waals surface area contributed by atoms with Gasteiger partial charge in [-0.05, 0) is 71.9 Å². The van der Waals surface area contributed by atoms with Gasteiger partial charge in [-0.3, -0.25) is 4.79 Å². The smallest absolute Gasteiger partial charge is 0.174 e. The van der Waals surface area contributed by atoms with Crippen molar-refractivity contribution < 1.29 is 30.0 Å². The molecule has 2 aromatic rings. The molecule has 6 heteroatoms. The Balaban J connectivity index is 1.69. The van der Waals surface area contributed by atoms with Crippen molar-refractivity contribution in [2.75, 3.05) is 0 Å². The summed E-state index contributed by atoms with van der Waals surface area (Å²) in [5.41, 5.74) is 4.58. The number of Topliss-reactive ketones (excluding diaryl/α,β-unsaturated/α-hetero) is 1. The third-order valence-electron chi connectivity index (χ3n) is 6.34. The molecule has 0 saturated heterocycles. The van der Waals surface area contributed by atoms with E-state index in [4.69, 9.17) is 4.74 Å². The quantitative estimate of drug-likeness (QED) is 0.276. The van der Waals surface area contributed by atoms with Gasteiger partial charge in [-0.25, -0.2) is 0 Å². The van der Waals surface area contributed by atoms with Crippen molar-refractivity contribution in [3.63, 3.8) is 0 Å². The number of hydrogen-bond acceptors (Lipinski definition) is 6. The van der Waals surface area contributed by atoms with E-state index < -0.39 is 6.10 Å². The number of ether oxygens (including phenoxy) is 1. The Bertz CT molecular complexity index is 1190. The zero-order valence-corrected chi connectivity index (χ0v) is 21.5. The molecule has 0 amide bonds. The lowest BCUT2D eigenvalue weighted by molar-refractivity contribution is 0.0843. The van der Waals surface area contributed by atoms with Gasteiger partial charge in [0.25, 0.3) is 0 Å².